The average Bonchev–Trinajstić information content (AvgIpc) is 3.07. The van der Waals surface area contributed by atoms with Gasteiger partial charge in [-0.25, -0.2) is 24.3 Å². The summed E-state index contributed by atoms with van der Waals surface area (Å²) in [7, 11) is 2.34. The zero-order valence-corrected chi connectivity index (χ0v) is 16.8. The summed E-state index contributed by atoms with van der Waals surface area (Å²) in [5.74, 6) is 0. The van der Waals surface area contributed by atoms with Crippen molar-refractivity contribution in [2.24, 2.45) is 0 Å². The van der Waals surface area contributed by atoms with E-state index < -0.39 is 0 Å². The molecule has 0 nitrogen and oxygen atoms in total. The third-order valence-corrected chi connectivity index (χ3v) is 3.36. The fraction of sp³-hybridized carbons (Fsp3) is 0. The van der Waals surface area contributed by atoms with Gasteiger partial charge in [0.25, 0.3) is 0 Å². The fourth-order valence-electron chi connectivity index (χ4n) is 0.642. The summed E-state index contributed by atoms with van der Waals surface area (Å²) in [6.45, 7) is 0. The van der Waals surface area contributed by atoms with Crippen LogP contribution in [0.15, 0.2) is 60.7 Å². The van der Waals surface area contributed by atoms with Crippen LogP contribution in [0.4, 0.5) is 0 Å². The van der Waals surface area contributed by atoms with Gasteiger partial charge in [0.05, 0.1) is 0 Å². The van der Waals surface area contributed by atoms with Crippen LogP contribution < -0.4 is 0 Å². The van der Waals surface area contributed by atoms with Gasteiger partial charge in [-0.15, -0.1) is 0 Å². The number of hydrogen-bond acceptors (Lipinski definition) is 6. The van der Waals surface area contributed by atoms with Crippen molar-refractivity contribution in [2.75, 3.05) is 0 Å². The molecule has 2 aromatic carbocycles. The molecule has 102 valence electrons. The Kier molecular flexibility index (Phi) is 49.1. The van der Waals surface area contributed by atoms with Gasteiger partial charge >= 0.3 is 0 Å². The first-order chi connectivity index (χ1) is 7.91. The molecular formula is C10H10S6V2-6. The monoisotopic (exact) mass is 424 g/mol. The maximum atomic E-state index is 4.33. The Balaban J connectivity index is -0.0000000732. The van der Waals surface area contributed by atoms with Crippen molar-refractivity contribution in [3.05, 3.63) is 60.7 Å². The molecule has 8 heteroatoms. The molecule has 0 bridgehead atoms. The zero-order valence-electron chi connectivity index (χ0n) is 9.12. The summed E-state index contributed by atoms with van der Waals surface area (Å²) < 4.78 is 0. The van der Waals surface area contributed by atoms with Gasteiger partial charge in [-0.2, -0.15) is 36.4 Å². The predicted octanol–water partition coefficient (Wildman–Crippen LogP) is 4.09. The number of hydrogen-bond donors (Lipinski definition) is 0. The van der Waals surface area contributed by atoms with Crippen LogP contribution in [0, 0.1) is 0 Å². The molecule has 0 heterocycles. The minimum absolute atomic E-state index is 0. The van der Waals surface area contributed by atoms with Crippen molar-refractivity contribution >= 4 is 66.3 Å². The molecule has 0 saturated carbocycles. The summed E-state index contributed by atoms with van der Waals surface area (Å²) in [6, 6.07) is 20.0. The Bertz CT molecular complexity index is 186. The molecule has 0 amide bonds. The molecule has 0 saturated heterocycles. The van der Waals surface area contributed by atoms with E-state index in [4.69, 9.17) is 0 Å². The van der Waals surface area contributed by atoms with E-state index in [-0.39, 0.29) is 37.1 Å². The second-order valence-electron chi connectivity index (χ2n) is 2.06. The molecule has 2 radical (unpaired) electrons. The van der Waals surface area contributed by atoms with Crippen LogP contribution in [-0.2, 0) is 83.8 Å². The summed E-state index contributed by atoms with van der Waals surface area (Å²) >= 11 is 16.0. The first-order valence-electron chi connectivity index (χ1n) is 4.00. The Labute approximate surface area is 162 Å². The molecule has 2 rings (SSSR count). The van der Waals surface area contributed by atoms with Crippen molar-refractivity contribution in [3.63, 3.8) is 0 Å². The van der Waals surface area contributed by atoms with Gasteiger partial charge in [-0.3, -0.25) is 19.7 Å². The summed E-state index contributed by atoms with van der Waals surface area (Å²) in [5.41, 5.74) is 0. The summed E-state index contributed by atoms with van der Waals surface area (Å²) in [6.07, 6.45) is 0. The van der Waals surface area contributed by atoms with Gasteiger partial charge < -0.3 is 46.6 Å². The van der Waals surface area contributed by atoms with Gasteiger partial charge in [0.2, 0.25) is 0 Å². The molecule has 0 spiro atoms. The third kappa shape index (κ3) is 30.8. The van der Waals surface area contributed by atoms with Crippen molar-refractivity contribution in [2.45, 2.75) is 0 Å². The van der Waals surface area contributed by atoms with E-state index >= 15 is 0 Å². The maximum Gasteiger partial charge on any atom is 0 e. The maximum absolute atomic E-state index is 4.33. The predicted molar refractivity (Wildman–Crippen MR) is 88.7 cm³/mol. The summed E-state index contributed by atoms with van der Waals surface area (Å²) in [5, 5.41) is 0. The van der Waals surface area contributed by atoms with Crippen LogP contribution in [0.2, 0.25) is 0 Å². The van der Waals surface area contributed by atoms with Crippen molar-refractivity contribution in [3.8, 4) is 0 Å². The molecule has 0 unspecified atom stereocenters. The Morgan fingerprint density at radius 3 is 0.889 bits per heavy atom. The summed E-state index contributed by atoms with van der Waals surface area (Å²) in [4.78, 5) is 0. The van der Waals surface area contributed by atoms with E-state index in [2.05, 4.69) is 46.6 Å². The van der Waals surface area contributed by atoms with Gasteiger partial charge in [-0.1, -0.05) is 0 Å². The second kappa shape index (κ2) is 31.4. The Morgan fingerprint density at radius 1 is 0.611 bits per heavy atom. The van der Waals surface area contributed by atoms with Crippen LogP contribution in [0.25, 0.3) is 0 Å². The minimum Gasteiger partial charge on any atom is -1.00 e. The van der Waals surface area contributed by atoms with E-state index in [0.29, 0.717) is 0 Å². The normalized spacial score (nSPS) is 6.44. The first kappa shape index (κ1) is 28.2. The molecule has 0 N–H and O–H groups in total. The van der Waals surface area contributed by atoms with Crippen LogP contribution in [-0.4, -0.2) is 0 Å². The number of rotatable bonds is 1. The topological polar surface area (TPSA) is 0 Å². The first-order valence-corrected chi connectivity index (χ1v) is 9.33. The minimum atomic E-state index is 0. The quantitative estimate of drug-likeness (QED) is 0.381. The SMILES string of the molecule is [S-]SS[S-].[S-][S-].[V].[V].c1cc[cH-]c1.c1cc[cH-]c1. The third-order valence-electron chi connectivity index (χ3n) is 1.14. The molecule has 2 aromatic rings. The van der Waals surface area contributed by atoms with E-state index in [1.165, 1.54) is 19.7 Å². The smallest absolute Gasteiger partial charge is 0 e. The Morgan fingerprint density at radius 2 is 0.833 bits per heavy atom. The molecule has 18 heavy (non-hydrogen) atoms. The van der Waals surface area contributed by atoms with Gasteiger partial charge in [-0.05, 0) is 0 Å². The van der Waals surface area contributed by atoms with Crippen LogP contribution >= 0.6 is 19.7 Å². The van der Waals surface area contributed by atoms with Gasteiger partial charge in [0.15, 0.2) is 0 Å². The van der Waals surface area contributed by atoms with Crippen molar-refractivity contribution in [1.29, 1.82) is 0 Å². The van der Waals surface area contributed by atoms with Crippen molar-refractivity contribution < 1.29 is 37.1 Å². The second-order valence-corrected chi connectivity index (χ2v) is 5.60. The Hall–Kier alpha value is 1.97. The fourth-order valence-corrected chi connectivity index (χ4v) is 0.642. The molecule has 0 aliphatic carbocycles. The molecule has 0 aromatic heterocycles. The van der Waals surface area contributed by atoms with E-state index in [0.717, 1.165) is 0 Å². The van der Waals surface area contributed by atoms with E-state index in [1.807, 2.05) is 60.7 Å². The largest absolute Gasteiger partial charge is 1.00 e. The standard InChI is InChI=1S/2C5H5.H2S4.S2.2V/c2*1-2-4-5-3-1;1-3-4-2;1-2;;/h2*1-5H;1-2H;;;/q2*-1;;-2;;/p-2. The molecular weight excluding hydrogens is 414 g/mol. The van der Waals surface area contributed by atoms with Crippen LogP contribution in [0.1, 0.15) is 0 Å². The van der Waals surface area contributed by atoms with E-state index in [1.54, 1.807) is 0 Å². The van der Waals surface area contributed by atoms with Crippen molar-refractivity contribution in [1.82, 2.24) is 0 Å². The molecule has 0 aliphatic heterocycles. The van der Waals surface area contributed by atoms with Crippen LogP contribution in [0.3, 0.4) is 0 Å². The molecule has 0 aliphatic rings. The molecule has 0 fully saturated rings. The van der Waals surface area contributed by atoms with Gasteiger partial charge in [0.1, 0.15) is 0 Å². The zero-order chi connectivity index (χ0) is 12.5. The van der Waals surface area contributed by atoms with Gasteiger partial charge in [0, 0.05) is 37.1 Å². The van der Waals surface area contributed by atoms with E-state index in [9.17, 15) is 0 Å². The average molecular weight is 424 g/mol. The van der Waals surface area contributed by atoms with Crippen LogP contribution in [0.5, 0.6) is 0 Å². The molecule has 0 atom stereocenters.